The van der Waals surface area contributed by atoms with Gasteiger partial charge in [0.15, 0.2) is 12.4 Å². The van der Waals surface area contributed by atoms with Gasteiger partial charge < -0.3 is 14.6 Å². The second-order valence-electron chi connectivity index (χ2n) is 4.54. The average molecular weight is 366 g/mol. The van der Waals surface area contributed by atoms with E-state index in [0.29, 0.717) is 6.42 Å². The second kappa shape index (κ2) is 7.46. The van der Waals surface area contributed by atoms with E-state index in [9.17, 15) is 21.9 Å². The lowest BCUT2D eigenvalue weighted by atomic mass is 10.00. The van der Waals surface area contributed by atoms with Crippen LogP contribution in [0.5, 0.6) is 0 Å². The Morgan fingerprint density at radius 3 is 1.95 bits per heavy atom. The van der Waals surface area contributed by atoms with E-state index in [4.69, 9.17) is 18.6 Å². The van der Waals surface area contributed by atoms with E-state index in [2.05, 4.69) is 8.37 Å². The van der Waals surface area contributed by atoms with E-state index < -0.39 is 51.5 Å². The molecule has 0 aromatic rings. The van der Waals surface area contributed by atoms with Gasteiger partial charge in [0.2, 0.25) is 0 Å². The molecule has 1 aliphatic rings. The Morgan fingerprint density at radius 1 is 1.00 bits per heavy atom. The predicted octanol–water partition coefficient (Wildman–Crippen LogP) is -1.11. The van der Waals surface area contributed by atoms with E-state index in [1.807, 2.05) is 0 Å². The van der Waals surface area contributed by atoms with Crippen LogP contribution in [-0.4, -0.2) is 68.4 Å². The standard InChI is InChI=1S/C9H18O11S2/c1-3-4-17-6-5(2)18-9(10)8(20-22(14,15)16)7(6)19-21(11,12)13/h5-10H,3-4H2,1-2H3,(H,11,12,13)(H,14,15,16)/t5-,6-,7+,8+,9+/m0/s1. The lowest BCUT2D eigenvalue weighted by Crippen LogP contribution is -2.60. The minimum Gasteiger partial charge on any atom is -0.373 e. The predicted molar refractivity (Wildman–Crippen MR) is 69.4 cm³/mol. The molecule has 1 rings (SSSR count). The van der Waals surface area contributed by atoms with Crippen molar-refractivity contribution in [1.82, 2.24) is 0 Å². The SMILES string of the molecule is CCCO[C@@H]1[C@@H](OS(=O)(=O)O)[C@@H](OS(=O)(=O)O)[C@H](O)O[C@H]1C. The average Bonchev–Trinajstić information content (AvgIpc) is 2.30. The highest BCUT2D eigenvalue weighted by molar-refractivity contribution is 7.81. The minimum absolute atomic E-state index is 0.137. The third-order valence-electron chi connectivity index (χ3n) is 2.73. The van der Waals surface area contributed by atoms with Gasteiger partial charge in [0.05, 0.1) is 6.10 Å². The molecule has 0 aromatic heterocycles. The van der Waals surface area contributed by atoms with Crippen LogP contribution in [0, 0.1) is 0 Å². The second-order valence-corrected chi connectivity index (χ2v) is 6.64. The fourth-order valence-corrected chi connectivity index (χ4v) is 2.95. The first-order valence-corrected chi connectivity index (χ1v) is 8.94. The fourth-order valence-electron chi connectivity index (χ4n) is 1.97. The minimum atomic E-state index is -5.06. The molecule has 11 nitrogen and oxygen atoms in total. The number of hydrogen-bond donors (Lipinski definition) is 3. The Balaban J connectivity index is 3.12. The molecule has 0 amide bonds. The zero-order valence-corrected chi connectivity index (χ0v) is 13.4. The Bertz CT molecular complexity index is 556. The quantitative estimate of drug-likeness (QED) is 0.468. The van der Waals surface area contributed by atoms with Gasteiger partial charge in [-0.3, -0.25) is 9.11 Å². The number of hydrogen-bond acceptors (Lipinski definition) is 9. The van der Waals surface area contributed by atoms with Crippen molar-refractivity contribution in [3.05, 3.63) is 0 Å². The molecule has 13 heteroatoms. The molecule has 0 saturated carbocycles. The third-order valence-corrected chi connectivity index (χ3v) is 3.66. The number of rotatable bonds is 7. The molecule has 3 N–H and O–H groups in total. The summed E-state index contributed by atoms with van der Waals surface area (Å²) in [7, 11) is -10.1. The van der Waals surface area contributed by atoms with Gasteiger partial charge in [0, 0.05) is 6.61 Å². The fraction of sp³-hybridized carbons (Fsp3) is 1.00. The van der Waals surface area contributed by atoms with Crippen LogP contribution in [0.15, 0.2) is 0 Å². The first kappa shape index (κ1) is 19.7. The molecule has 0 unspecified atom stereocenters. The maximum absolute atomic E-state index is 10.9. The Labute approximate surface area is 128 Å². The topological polar surface area (TPSA) is 166 Å². The van der Waals surface area contributed by atoms with Crippen LogP contribution in [0.2, 0.25) is 0 Å². The molecule has 1 aliphatic heterocycles. The first-order chi connectivity index (χ1) is 9.94. The Kier molecular flexibility index (Phi) is 6.67. The van der Waals surface area contributed by atoms with E-state index >= 15 is 0 Å². The van der Waals surface area contributed by atoms with Gasteiger partial charge in [-0.2, -0.15) is 16.8 Å². The monoisotopic (exact) mass is 366 g/mol. The van der Waals surface area contributed by atoms with Gasteiger partial charge in [-0.05, 0) is 13.3 Å². The summed E-state index contributed by atoms with van der Waals surface area (Å²) in [6.45, 7) is 3.31. The van der Waals surface area contributed by atoms with Gasteiger partial charge >= 0.3 is 20.8 Å². The van der Waals surface area contributed by atoms with Crippen LogP contribution in [-0.2, 0) is 38.6 Å². The van der Waals surface area contributed by atoms with Crippen molar-refractivity contribution in [3.63, 3.8) is 0 Å². The third kappa shape index (κ3) is 6.02. The van der Waals surface area contributed by atoms with E-state index in [0.717, 1.165) is 0 Å². The molecule has 0 spiro atoms. The highest BCUT2D eigenvalue weighted by Gasteiger charge is 2.49. The van der Waals surface area contributed by atoms with Crippen molar-refractivity contribution >= 4 is 20.8 Å². The molecule has 1 fully saturated rings. The van der Waals surface area contributed by atoms with Crippen molar-refractivity contribution in [2.45, 2.75) is 51.0 Å². The lowest BCUT2D eigenvalue weighted by Gasteiger charge is -2.41. The van der Waals surface area contributed by atoms with Crippen LogP contribution in [0.25, 0.3) is 0 Å². The molecule has 0 aromatic carbocycles. The molecule has 0 radical (unpaired) electrons. The summed E-state index contributed by atoms with van der Waals surface area (Å²) >= 11 is 0. The highest BCUT2D eigenvalue weighted by Crippen LogP contribution is 2.28. The molecular formula is C9H18O11S2. The van der Waals surface area contributed by atoms with Crippen molar-refractivity contribution in [1.29, 1.82) is 0 Å². The van der Waals surface area contributed by atoms with E-state index in [1.165, 1.54) is 6.92 Å². The van der Waals surface area contributed by atoms with E-state index in [-0.39, 0.29) is 6.61 Å². The van der Waals surface area contributed by atoms with Crippen LogP contribution in [0.1, 0.15) is 20.3 Å². The maximum Gasteiger partial charge on any atom is 0.397 e. The Morgan fingerprint density at radius 2 is 1.50 bits per heavy atom. The summed E-state index contributed by atoms with van der Waals surface area (Å²) < 4.78 is 79.8. The van der Waals surface area contributed by atoms with Gasteiger partial charge in [-0.1, -0.05) is 6.92 Å². The molecule has 5 atom stereocenters. The summed E-state index contributed by atoms with van der Waals surface area (Å²) in [6.07, 6.45) is -7.22. The van der Waals surface area contributed by atoms with Crippen LogP contribution in [0.4, 0.5) is 0 Å². The smallest absolute Gasteiger partial charge is 0.373 e. The number of aliphatic hydroxyl groups excluding tert-OH is 1. The molecule has 132 valence electrons. The molecule has 1 saturated heterocycles. The zero-order chi connectivity index (χ0) is 17.1. The van der Waals surface area contributed by atoms with Crippen LogP contribution in [0.3, 0.4) is 0 Å². The molecule has 1 heterocycles. The number of ether oxygens (including phenoxy) is 2. The van der Waals surface area contributed by atoms with Gasteiger partial charge in [0.1, 0.15) is 12.2 Å². The summed E-state index contributed by atoms with van der Waals surface area (Å²) in [4.78, 5) is 0. The summed E-state index contributed by atoms with van der Waals surface area (Å²) in [5.41, 5.74) is 0. The summed E-state index contributed by atoms with van der Waals surface area (Å²) in [6, 6.07) is 0. The van der Waals surface area contributed by atoms with Crippen molar-refractivity contribution in [3.8, 4) is 0 Å². The van der Waals surface area contributed by atoms with Gasteiger partial charge in [-0.15, -0.1) is 0 Å². The highest BCUT2D eigenvalue weighted by atomic mass is 32.3. The summed E-state index contributed by atoms with van der Waals surface area (Å²) in [5.74, 6) is 0. The molecule has 0 aliphatic carbocycles. The van der Waals surface area contributed by atoms with Gasteiger partial charge in [0.25, 0.3) is 0 Å². The van der Waals surface area contributed by atoms with Crippen molar-refractivity contribution < 1.29 is 48.9 Å². The lowest BCUT2D eigenvalue weighted by molar-refractivity contribution is -0.274. The molecule has 22 heavy (non-hydrogen) atoms. The largest absolute Gasteiger partial charge is 0.397 e. The van der Waals surface area contributed by atoms with Gasteiger partial charge in [-0.25, -0.2) is 8.37 Å². The number of aliphatic hydroxyl groups is 1. The normalized spacial score (nSPS) is 33.8. The first-order valence-electron chi connectivity index (χ1n) is 6.21. The maximum atomic E-state index is 10.9. The van der Waals surface area contributed by atoms with Crippen molar-refractivity contribution in [2.24, 2.45) is 0 Å². The summed E-state index contributed by atoms with van der Waals surface area (Å²) in [5, 5.41) is 9.68. The van der Waals surface area contributed by atoms with Crippen LogP contribution < -0.4 is 0 Å². The molecular weight excluding hydrogens is 348 g/mol. The molecule has 0 bridgehead atoms. The van der Waals surface area contributed by atoms with Crippen molar-refractivity contribution in [2.75, 3.05) is 6.61 Å². The Hall–Kier alpha value is -0.380. The van der Waals surface area contributed by atoms with Crippen LogP contribution >= 0.6 is 0 Å². The zero-order valence-electron chi connectivity index (χ0n) is 11.7. The van der Waals surface area contributed by atoms with E-state index in [1.54, 1.807) is 6.92 Å².